The van der Waals surface area contributed by atoms with Crippen LogP contribution in [0.2, 0.25) is 5.02 Å². The van der Waals surface area contributed by atoms with E-state index in [-0.39, 0.29) is 6.09 Å². The molecule has 93 valence electrons. The molecule has 0 spiro atoms. The van der Waals surface area contributed by atoms with Gasteiger partial charge in [-0.15, -0.1) is 0 Å². The van der Waals surface area contributed by atoms with Crippen LogP contribution in [0.1, 0.15) is 27.7 Å². The molecule has 4 heteroatoms. The van der Waals surface area contributed by atoms with Gasteiger partial charge in [-0.25, -0.2) is 4.79 Å². The summed E-state index contributed by atoms with van der Waals surface area (Å²) in [6.07, 6.45) is -0.373. The van der Waals surface area contributed by atoms with Gasteiger partial charge in [-0.05, 0) is 39.8 Å². The average molecular weight is 255 g/mol. The normalized spacial score (nSPS) is 11.1. The topological polar surface area (TPSA) is 29.5 Å². The summed E-state index contributed by atoms with van der Waals surface area (Å²) in [5.74, 6) is 0. The number of carbonyl (C=O) groups excluding carboxylic acids is 1. The van der Waals surface area contributed by atoms with Crippen LogP contribution in [0.3, 0.4) is 0 Å². The molecule has 0 aliphatic heterocycles. The molecule has 0 fully saturated rings. The molecule has 0 unspecified atom stereocenters. The summed E-state index contributed by atoms with van der Waals surface area (Å²) >= 11 is 5.85. The van der Waals surface area contributed by atoms with Gasteiger partial charge in [0.25, 0.3) is 0 Å². The third-order valence-electron chi connectivity index (χ3n) is 1.99. The van der Waals surface area contributed by atoms with E-state index in [1.807, 2.05) is 27.7 Å². The lowest BCUT2D eigenvalue weighted by Crippen LogP contribution is -2.36. The van der Waals surface area contributed by atoms with Gasteiger partial charge in [0, 0.05) is 18.3 Å². The number of amides is 1. The molecule has 1 aromatic rings. The van der Waals surface area contributed by atoms with Crippen molar-refractivity contribution in [1.29, 1.82) is 0 Å². The van der Waals surface area contributed by atoms with Crippen molar-refractivity contribution < 1.29 is 9.53 Å². The first-order valence-electron chi connectivity index (χ1n) is 5.51. The van der Waals surface area contributed by atoms with E-state index in [9.17, 15) is 4.79 Å². The minimum Gasteiger partial charge on any atom is -0.443 e. The van der Waals surface area contributed by atoms with Crippen molar-refractivity contribution in [3.05, 3.63) is 29.3 Å². The Morgan fingerprint density at radius 1 is 1.53 bits per heavy atom. The van der Waals surface area contributed by atoms with E-state index in [0.717, 1.165) is 0 Å². The summed E-state index contributed by atoms with van der Waals surface area (Å²) in [5.41, 5.74) is 0.209. The average Bonchev–Trinajstić information content (AvgIpc) is 2.15. The van der Waals surface area contributed by atoms with Gasteiger partial charge in [-0.1, -0.05) is 17.7 Å². The number of hydrogen-bond acceptors (Lipinski definition) is 2. The molecule has 3 nitrogen and oxygen atoms in total. The zero-order valence-corrected chi connectivity index (χ0v) is 11.3. The predicted molar refractivity (Wildman–Crippen MR) is 69.5 cm³/mol. The fourth-order valence-corrected chi connectivity index (χ4v) is 1.50. The molecule has 0 saturated heterocycles. The molecule has 0 heterocycles. The van der Waals surface area contributed by atoms with E-state index >= 15 is 0 Å². The van der Waals surface area contributed by atoms with E-state index in [4.69, 9.17) is 16.3 Å². The molecular formula is C13H17ClNO2. The third-order valence-corrected chi connectivity index (χ3v) is 2.21. The van der Waals surface area contributed by atoms with Crippen LogP contribution in [0, 0.1) is 6.07 Å². The summed E-state index contributed by atoms with van der Waals surface area (Å²) < 4.78 is 5.32. The summed E-state index contributed by atoms with van der Waals surface area (Å²) in [5, 5.41) is 0.476. The molecule has 0 N–H and O–H groups in total. The first-order valence-corrected chi connectivity index (χ1v) is 5.89. The maximum Gasteiger partial charge on any atom is 0.414 e. The van der Waals surface area contributed by atoms with Gasteiger partial charge in [0.05, 0.1) is 5.02 Å². The highest BCUT2D eigenvalue weighted by molar-refractivity contribution is 6.30. The molecule has 1 amide bonds. The molecule has 17 heavy (non-hydrogen) atoms. The van der Waals surface area contributed by atoms with Crippen LogP contribution in [0.15, 0.2) is 18.2 Å². The number of hydrogen-bond donors (Lipinski definition) is 0. The summed E-state index contributed by atoms with van der Waals surface area (Å²) in [6, 6.07) is 7.98. The summed E-state index contributed by atoms with van der Waals surface area (Å²) in [6.45, 7) is 7.92. The van der Waals surface area contributed by atoms with Crippen molar-refractivity contribution in [2.24, 2.45) is 0 Å². The predicted octanol–water partition coefficient (Wildman–Crippen LogP) is 3.90. The van der Waals surface area contributed by atoms with Gasteiger partial charge in [0.1, 0.15) is 5.60 Å². The molecule has 1 radical (unpaired) electrons. The number of ether oxygens (including phenoxy) is 1. The molecule has 0 aromatic heterocycles. The van der Waals surface area contributed by atoms with Crippen molar-refractivity contribution in [2.75, 3.05) is 11.4 Å². The fourth-order valence-electron chi connectivity index (χ4n) is 1.33. The minimum absolute atomic E-state index is 0.373. The number of halogens is 1. The van der Waals surface area contributed by atoms with E-state index in [1.165, 1.54) is 4.90 Å². The van der Waals surface area contributed by atoms with Gasteiger partial charge in [0.2, 0.25) is 0 Å². The monoisotopic (exact) mass is 254 g/mol. The second-order valence-corrected chi connectivity index (χ2v) is 5.03. The summed E-state index contributed by atoms with van der Waals surface area (Å²) in [4.78, 5) is 13.5. The highest BCUT2D eigenvalue weighted by Gasteiger charge is 2.22. The van der Waals surface area contributed by atoms with Crippen molar-refractivity contribution in [3.8, 4) is 0 Å². The van der Waals surface area contributed by atoms with Gasteiger partial charge in [-0.2, -0.15) is 0 Å². The highest BCUT2D eigenvalue weighted by atomic mass is 35.5. The molecule has 0 atom stereocenters. The van der Waals surface area contributed by atoms with E-state index in [0.29, 0.717) is 17.3 Å². The van der Waals surface area contributed by atoms with Gasteiger partial charge >= 0.3 is 6.09 Å². The van der Waals surface area contributed by atoms with E-state index in [1.54, 1.807) is 18.2 Å². The quantitative estimate of drug-likeness (QED) is 0.801. The number of anilines is 1. The molecule has 0 aliphatic rings. The second-order valence-electron chi connectivity index (χ2n) is 4.62. The number of nitrogens with zero attached hydrogens (tertiary/aromatic N) is 1. The lowest BCUT2D eigenvalue weighted by atomic mass is 10.2. The van der Waals surface area contributed by atoms with Crippen molar-refractivity contribution >= 4 is 23.4 Å². The molecule has 1 rings (SSSR count). The first-order chi connectivity index (χ1) is 7.83. The van der Waals surface area contributed by atoms with Gasteiger partial charge in [-0.3, -0.25) is 4.90 Å². The Balaban J connectivity index is 2.88. The Kier molecular flexibility index (Phi) is 4.40. The van der Waals surface area contributed by atoms with Gasteiger partial charge < -0.3 is 4.74 Å². The number of benzene rings is 1. The standard InChI is InChI=1S/C13H17ClNO2/c1-5-15(12(16)17-13(2,3)4)11-8-6-7-10(14)9-11/h6,8-9H,5H2,1-4H3. The Bertz CT molecular complexity index is 399. The number of carbonyl (C=O) groups is 1. The maximum atomic E-state index is 12.0. The summed E-state index contributed by atoms with van der Waals surface area (Å²) in [7, 11) is 0. The molecule has 0 saturated carbocycles. The fraction of sp³-hybridized carbons (Fsp3) is 0.462. The lowest BCUT2D eigenvalue weighted by molar-refractivity contribution is 0.0582. The zero-order valence-electron chi connectivity index (χ0n) is 10.6. The van der Waals surface area contributed by atoms with Crippen LogP contribution in [-0.4, -0.2) is 18.2 Å². The van der Waals surface area contributed by atoms with Crippen LogP contribution in [0.4, 0.5) is 10.5 Å². The zero-order chi connectivity index (χ0) is 13.1. The lowest BCUT2D eigenvalue weighted by Gasteiger charge is -2.26. The van der Waals surface area contributed by atoms with Crippen molar-refractivity contribution in [2.45, 2.75) is 33.3 Å². The molecule has 1 aromatic carbocycles. The number of rotatable bonds is 2. The first kappa shape index (κ1) is 13.8. The van der Waals surface area contributed by atoms with Crippen LogP contribution < -0.4 is 4.90 Å². The molecular weight excluding hydrogens is 238 g/mol. The Morgan fingerprint density at radius 2 is 2.18 bits per heavy atom. The van der Waals surface area contributed by atoms with Gasteiger partial charge in [0.15, 0.2) is 0 Å². The largest absolute Gasteiger partial charge is 0.443 e. The third kappa shape index (κ3) is 4.27. The Morgan fingerprint density at radius 3 is 2.65 bits per heavy atom. The van der Waals surface area contributed by atoms with E-state index in [2.05, 4.69) is 6.07 Å². The Hall–Kier alpha value is -1.22. The van der Waals surface area contributed by atoms with Crippen LogP contribution >= 0.6 is 11.6 Å². The Labute approximate surface area is 107 Å². The highest BCUT2D eigenvalue weighted by Crippen LogP contribution is 2.21. The maximum absolute atomic E-state index is 12.0. The van der Waals surface area contributed by atoms with Crippen LogP contribution in [0.5, 0.6) is 0 Å². The van der Waals surface area contributed by atoms with Crippen LogP contribution in [-0.2, 0) is 4.74 Å². The van der Waals surface area contributed by atoms with Crippen molar-refractivity contribution in [3.63, 3.8) is 0 Å². The molecule has 0 bridgehead atoms. The SMILES string of the molecule is CCN(C(=O)OC(C)(C)C)c1cc[c]c(Cl)c1. The van der Waals surface area contributed by atoms with Crippen molar-refractivity contribution in [1.82, 2.24) is 0 Å². The van der Waals surface area contributed by atoms with E-state index < -0.39 is 5.60 Å². The smallest absolute Gasteiger partial charge is 0.414 e. The second kappa shape index (κ2) is 5.41. The minimum atomic E-state index is -0.505. The molecule has 0 aliphatic carbocycles. The van der Waals surface area contributed by atoms with Crippen LogP contribution in [0.25, 0.3) is 0 Å².